The zero-order valence-electron chi connectivity index (χ0n) is 16.8. The molecular weight excluding hydrogens is 360 g/mol. The van der Waals surface area contributed by atoms with E-state index in [-0.39, 0.29) is 0 Å². The molecule has 0 aromatic heterocycles. The summed E-state index contributed by atoms with van der Waals surface area (Å²) in [4.78, 5) is 0. The third-order valence-electron chi connectivity index (χ3n) is 24.1. The van der Waals surface area contributed by atoms with Crippen molar-refractivity contribution in [3.63, 3.8) is 0 Å². The zero-order valence-corrected chi connectivity index (χ0v) is 16.8. The Labute approximate surface area is 173 Å². The summed E-state index contributed by atoms with van der Waals surface area (Å²) >= 11 is 0. The summed E-state index contributed by atoms with van der Waals surface area (Å²) in [6.07, 6.45) is 3.57. The van der Waals surface area contributed by atoms with Crippen molar-refractivity contribution in [1.82, 2.24) is 0 Å². The Morgan fingerprint density at radius 2 is 0.733 bits per heavy atom. The summed E-state index contributed by atoms with van der Waals surface area (Å²) in [5.74, 6) is 24.7. The standard InChI is InChI=1S/C30H22/c1-3-4-2-6-12-18-20-16-10-7-8-9(7)14-19-17-11-5(1)21(3)22(4,6)26(12)25(11,21)29(17)27(19)23(14)13(8)15(10)24(16,23)28(20,27)30(18,26)29/h3-20H,1-2H2. The molecule has 0 aromatic carbocycles. The van der Waals surface area contributed by atoms with Crippen LogP contribution < -0.4 is 0 Å². The van der Waals surface area contributed by atoms with Gasteiger partial charge in [-0.05, 0) is 174 Å². The Kier molecular flexibility index (Phi) is 0.592. The molecule has 0 aromatic rings. The Balaban J connectivity index is 1.09. The summed E-state index contributed by atoms with van der Waals surface area (Å²) in [6.45, 7) is 0. The van der Waals surface area contributed by atoms with Gasteiger partial charge in [0.2, 0.25) is 0 Å². The van der Waals surface area contributed by atoms with Crippen molar-refractivity contribution in [2.45, 2.75) is 12.8 Å². The fourth-order valence-electron chi connectivity index (χ4n) is 29.4. The van der Waals surface area contributed by atoms with Gasteiger partial charge in [0.15, 0.2) is 0 Å². The van der Waals surface area contributed by atoms with Crippen LogP contribution in [-0.2, 0) is 0 Å². The molecule has 20 aliphatic carbocycles. The minimum Gasteiger partial charge on any atom is -0.0458 e. The lowest BCUT2D eigenvalue weighted by Gasteiger charge is -3.47. The van der Waals surface area contributed by atoms with Gasteiger partial charge in [-0.2, -0.15) is 0 Å². The number of hydrogen-bond acceptors (Lipinski definition) is 0. The summed E-state index contributed by atoms with van der Waals surface area (Å²) in [7, 11) is 0. The molecule has 28 unspecified atom stereocenters. The first-order chi connectivity index (χ1) is 14.9. The van der Waals surface area contributed by atoms with E-state index in [1.165, 1.54) is 107 Å². The predicted octanol–water partition coefficient (Wildman–Crippen LogP) is 2.99. The van der Waals surface area contributed by atoms with Crippen molar-refractivity contribution >= 4 is 0 Å². The topological polar surface area (TPSA) is 0 Å². The lowest BCUT2D eigenvalue weighted by atomic mass is 8.56. The Hall–Kier alpha value is 0. The van der Waals surface area contributed by atoms with Crippen LogP contribution in [0.4, 0.5) is 0 Å². The second-order valence-electron chi connectivity index (χ2n) is 18.8. The Morgan fingerprint density at radius 1 is 0.300 bits per heavy atom. The Morgan fingerprint density at radius 3 is 1.33 bits per heavy atom. The molecule has 0 nitrogen and oxygen atoms in total. The van der Waals surface area contributed by atoms with Crippen LogP contribution >= 0.6 is 0 Å². The van der Waals surface area contributed by atoms with Crippen LogP contribution in [0.25, 0.3) is 0 Å². The summed E-state index contributed by atoms with van der Waals surface area (Å²) in [5, 5.41) is 0. The van der Waals surface area contributed by atoms with Crippen molar-refractivity contribution in [2.75, 3.05) is 0 Å². The molecule has 0 saturated heterocycles. The molecule has 0 heteroatoms. The molecule has 0 heterocycles. The highest BCUT2D eigenvalue weighted by molar-refractivity contribution is 5.93. The van der Waals surface area contributed by atoms with E-state index in [1.807, 2.05) is 0 Å². The fourth-order valence-corrected chi connectivity index (χ4v) is 29.4. The van der Waals surface area contributed by atoms with Crippen LogP contribution in [0.3, 0.4) is 0 Å². The van der Waals surface area contributed by atoms with Gasteiger partial charge >= 0.3 is 0 Å². The van der Waals surface area contributed by atoms with E-state index < -0.39 is 0 Å². The largest absolute Gasteiger partial charge is 0.0458 e. The first-order valence-corrected chi connectivity index (χ1v) is 14.9. The molecule has 30 heavy (non-hydrogen) atoms. The van der Waals surface area contributed by atoms with Gasteiger partial charge in [-0.3, -0.25) is 0 Å². The zero-order chi connectivity index (χ0) is 16.8. The van der Waals surface area contributed by atoms with E-state index in [0.717, 1.165) is 54.1 Å². The van der Waals surface area contributed by atoms with Gasteiger partial charge in [-0.1, -0.05) is 0 Å². The third-order valence-corrected chi connectivity index (χ3v) is 24.1. The molecule has 0 bridgehead atoms. The van der Waals surface area contributed by atoms with Gasteiger partial charge in [0.05, 0.1) is 0 Å². The van der Waals surface area contributed by atoms with Crippen LogP contribution in [-0.4, -0.2) is 0 Å². The van der Waals surface area contributed by atoms with E-state index in [9.17, 15) is 0 Å². The average molecular weight is 383 g/mol. The molecule has 20 aliphatic rings. The smallest absolute Gasteiger partial charge is 0.00504 e. The first kappa shape index (κ1) is 10.5. The molecule has 0 aliphatic heterocycles. The first-order valence-electron chi connectivity index (χ1n) is 14.9. The van der Waals surface area contributed by atoms with Crippen LogP contribution in [0.5, 0.6) is 0 Å². The van der Waals surface area contributed by atoms with E-state index in [2.05, 4.69) is 0 Å². The van der Waals surface area contributed by atoms with Gasteiger partial charge in [-0.25, -0.2) is 0 Å². The summed E-state index contributed by atoms with van der Waals surface area (Å²) in [6, 6.07) is 0. The maximum Gasteiger partial charge on any atom is -0.00504 e. The van der Waals surface area contributed by atoms with Crippen LogP contribution in [0.2, 0.25) is 0 Å². The van der Waals surface area contributed by atoms with E-state index in [1.54, 1.807) is 12.8 Å². The van der Waals surface area contributed by atoms with Crippen molar-refractivity contribution in [3.8, 4) is 0 Å². The molecule has 28 atom stereocenters. The summed E-state index contributed by atoms with van der Waals surface area (Å²) in [5.41, 5.74) is 11.2. The van der Waals surface area contributed by atoms with Gasteiger partial charge in [0.1, 0.15) is 0 Å². The van der Waals surface area contributed by atoms with Gasteiger partial charge < -0.3 is 0 Å². The molecule has 20 fully saturated rings. The van der Waals surface area contributed by atoms with Gasteiger partial charge in [0.25, 0.3) is 0 Å². The molecular formula is C30H22. The number of rotatable bonds is 0. The molecule has 20 saturated carbocycles. The van der Waals surface area contributed by atoms with E-state index in [4.69, 9.17) is 0 Å². The lowest BCUT2D eigenvalue weighted by molar-refractivity contribution is -1.02. The van der Waals surface area contributed by atoms with Crippen LogP contribution in [0.1, 0.15) is 12.8 Å². The van der Waals surface area contributed by atoms with Crippen molar-refractivity contribution in [1.29, 1.82) is 0 Å². The summed E-state index contributed by atoms with van der Waals surface area (Å²) < 4.78 is 0. The van der Waals surface area contributed by atoms with Crippen molar-refractivity contribution in [3.05, 3.63) is 0 Å². The minimum absolute atomic E-state index is 1.10. The second kappa shape index (κ2) is 1.69. The lowest BCUT2D eigenvalue weighted by Crippen LogP contribution is -3.45. The van der Waals surface area contributed by atoms with Crippen LogP contribution in [0, 0.1) is 161 Å². The molecule has 20 rings (SSSR count). The molecule has 142 valence electrons. The second-order valence-corrected chi connectivity index (χ2v) is 18.8. The minimum atomic E-state index is 1.10. The maximum atomic E-state index is 1.78. The van der Waals surface area contributed by atoms with Crippen molar-refractivity contribution in [2.24, 2.45) is 161 Å². The fraction of sp³-hybridized carbons (Fsp3) is 1.00. The molecule has 0 N–H and O–H groups in total. The number of hydrogen-bond donors (Lipinski definition) is 0. The molecule has 10 spiro atoms. The highest BCUT2D eigenvalue weighted by Crippen LogP contribution is 3.50. The monoisotopic (exact) mass is 382 g/mol. The van der Waals surface area contributed by atoms with Crippen LogP contribution in [0.15, 0.2) is 0 Å². The highest BCUT2D eigenvalue weighted by atomic mass is 15.5. The maximum absolute atomic E-state index is 1.78. The highest BCUT2D eigenvalue weighted by Gasteiger charge is 3.48. The molecule has 0 amide bonds. The SMILES string of the molecule is C1C2C3CC4C5C6C7C8C9C%10C%11C%10C%10C%12C%13C%14C1C21C34C52C%141C%131C%123C%104C%11C9C84C73C621. The van der Waals surface area contributed by atoms with Gasteiger partial charge in [-0.15, -0.1) is 0 Å². The van der Waals surface area contributed by atoms with Crippen molar-refractivity contribution < 1.29 is 0 Å². The quantitative estimate of drug-likeness (QED) is 0.604. The van der Waals surface area contributed by atoms with E-state index in [0.29, 0.717) is 0 Å². The normalized spacial score (nSPS) is 130. The predicted molar refractivity (Wildman–Crippen MR) is 96.4 cm³/mol. The van der Waals surface area contributed by atoms with Gasteiger partial charge in [0, 0.05) is 0 Å². The third kappa shape index (κ3) is 0.262. The Bertz CT molecular complexity index is 1590. The van der Waals surface area contributed by atoms with E-state index >= 15 is 0 Å². The molecule has 0 radical (unpaired) electrons. The number of fused-ring (bicyclic) bond motifs is 13. The average Bonchev–Trinajstić information content (AvgIpc) is 3.21.